The lowest BCUT2D eigenvalue weighted by atomic mass is 10.0. The first-order valence-corrected chi connectivity index (χ1v) is 13.0. The number of aliphatic imine (C=N–C) groups is 1. The predicted molar refractivity (Wildman–Crippen MR) is 155 cm³/mol. The highest BCUT2D eigenvalue weighted by molar-refractivity contribution is 7.17. The van der Waals surface area contributed by atoms with Gasteiger partial charge in [0.1, 0.15) is 11.5 Å². The maximum absolute atomic E-state index is 12.8. The van der Waals surface area contributed by atoms with Crippen molar-refractivity contribution in [2.75, 3.05) is 13.2 Å². The summed E-state index contributed by atoms with van der Waals surface area (Å²) in [6, 6.07) is 11.6. The van der Waals surface area contributed by atoms with E-state index in [0.717, 1.165) is 30.5 Å². The molecule has 0 N–H and O–H groups in total. The molecular formula is C30H40F2NO3P. The highest BCUT2D eigenvalue weighted by Gasteiger charge is 2.23. The molecule has 0 aliphatic carbocycles. The number of benzene rings is 2. The Bertz CT molecular complexity index is 981. The number of ketones is 1. The molecule has 7 heteroatoms. The fraction of sp³-hybridized carbons (Fsp3) is 0.400. The molecule has 0 heterocycles. The van der Waals surface area contributed by atoms with Gasteiger partial charge in [0, 0.05) is 12.8 Å². The molecule has 2 aromatic rings. The van der Waals surface area contributed by atoms with Gasteiger partial charge in [-0.3, -0.25) is 9.79 Å². The van der Waals surface area contributed by atoms with Crippen molar-refractivity contribution in [3.8, 4) is 35.5 Å². The average Bonchev–Trinajstić information content (AvgIpc) is 2.87. The largest absolute Gasteiger partial charge is 0.493 e. The number of rotatable bonds is 13. The van der Waals surface area contributed by atoms with Crippen LogP contribution in [-0.4, -0.2) is 31.0 Å². The van der Waals surface area contributed by atoms with Crippen LogP contribution < -0.4 is 9.47 Å². The van der Waals surface area contributed by atoms with Crippen molar-refractivity contribution in [2.45, 2.75) is 65.6 Å². The van der Waals surface area contributed by atoms with Gasteiger partial charge in [0.05, 0.1) is 12.2 Å². The lowest BCUT2D eigenvalue weighted by Crippen LogP contribution is -2.14. The molecule has 0 amide bonds. The second-order valence-corrected chi connectivity index (χ2v) is 8.62. The van der Waals surface area contributed by atoms with E-state index in [1.807, 2.05) is 31.4 Å². The third-order valence-corrected chi connectivity index (χ3v) is 4.95. The summed E-state index contributed by atoms with van der Waals surface area (Å²) in [5.41, 5.74) is 2.10. The van der Waals surface area contributed by atoms with Crippen molar-refractivity contribution in [3.05, 3.63) is 60.2 Å². The second-order valence-electron chi connectivity index (χ2n) is 7.95. The predicted octanol–water partition coefficient (Wildman–Crippen LogP) is 8.61. The van der Waals surface area contributed by atoms with Gasteiger partial charge in [-0.1, -0.05) is 57.4 Å². The van der Waals surface area contributed by atoms with Gasteiger partial charge in [-0.15, -0.1) is 12.8 Å². The molecule has 0 aliphatic rings. The van der Waals surface area contributed by atoms with Gasteiger partial charge in [0.2, 0.25) is 0 Å². The molecule has 37 heavy (non-hydrogen) atoms. The SMILES string of the molecule is C#C.C/C=C\C=NCCCCC.CCCCOc1ccc(-c2ccc(OC(F)(F)P)cc2)cc1C(C)=O. The maximum atomic E-state index is 12.8. The summed E-state index contributed by atoms with van der Waals surface area (Å²) in [6.45, 7) is 9.31. The third kappa shape index (κ3) is 15.6. The van der Waals surface area contributed by atoms with Gasteiger partial charge in [-0.25, -0.2) is 0 Å². The van der Waals surface area contributed by atoms with Crippen LogP contribution in [0.3, 0.4) is 0 Å². The summed E-state index contributed by atoms with van der Waals surface area (Å²) >= 11 is 0. The zero-order chi connectivity index (χ0) is 28.1. The summed E-state index contributed by atoms with van der Waals surface area (Å²) in [4.78, 5) is 16.1. The summed E-state index contributed by atoms with van der Waals surface area (Å²) in [6.07, 6.45) is 19.6. The molecule has 1 unspecified atom stereocenters. The van der Waals surface area contributed by atoms with Gasteiger partial charge in [-0.2, -0.15) is 8.78 Å². The summed E-state index contributed by atoms with van der Waals surface area (Å²) in [5, 5.41) is 0. The number of unbranched alkanes of at least 4 members (excludes halogenated alkanes) is 3. The number of carbonyl (C=O) groups excluding carboxylic acids is 1. The van der Waals surface area contributed by atoms with Gasteiger partial charge < -0.3 is 9.47 Å². The molecular weight excluding hydrogens is 491 g/mol. The number of Topliss-reactive ketones (excluding diaryl/α,β-unsaturated/α-hetero) is 1. The van der Waals surface area contributed by atoms with Crippen molar-refractivity contribution in [1.29, 1.82) is 0 Å². The Hall–Kier alpha value is -3.03. The zero-order valence-electron chi connectivity index (χ0n) is 22.4. The first-order chi connectivity index (χ1) is 17.7. The number of hydrogen-bond acceptors (Lipinski definition) is 4. The Labute approximate surface area is 223 Å². The normalized spacial score (nSPS) is 10.8. The fourth-order valence-corrected chi connectivity index (χ4v) is 3.12. The Morgan fingerprint density at radius 3 is 2.19 bits per heavy atom. The Morgan fingerprint density at radius 2 is 1.65 bits per heavy atom. The van der Waals surface area contributed by atoms with Crippen LogP contribution in [0.15, 0.2) is 59.6 Å². The minimum atomic E-state index is -3.30. The molecule has 0 fully saturated rings. The Balaban J connectivity index is 0.000000910. The van der Waals surface area contributed by atoms with E-state index >= 15 is 0 Å². The number of ether oxygens (including phenoxy) is 2. The number of terminal acetylenes is 1. The van der Waals surface area contributed by atoms with Crippen molar-refractivity contribution in [1.82, 2.24) is 0 Å². The maximum Gasteiger partial charge on any atom is 0.408 e. The third-order valence-electron chi connectivity index (χ3n) is 4.83. The van der Waals surface area contributed by atoms with Crippen LogP contribution in [0.4, 0.5) is 8.78 Å². The molecule has 0 radical (unpaired) electrons. The van der Waals surface area contributed by atoms with E-state index in [1.165, 1.54) is 47.6 Å². The molecule has 2 aromatic carbocycles. The van der Waals surface area contributed by atoms with Crippen LogP contribution in [0.1, 0.15) is 70.2 Å². The van der Waals surface area contributed by atoms with Gasteiger partial charge in [0.15, 0.2) is 5.78 Å². The van der Waals surface area contributed by atoms with E-state index in [9.17, 15) is 13.6 Å². The molecule has 0 saturated heterocycles. The first kappa shape index (κ1) is 34.0. The minimum absolute atomic E-state index is 0.0649. The van der Waals surface area contributed by atoms with E-state index in [2.05, 4.69) is 36.4 Å². The van der Waals surface area contributed by atoms with E-state index in [1.54, 1.807) is 24.3 Å². The average molecular weight is 532 g/mol. The van der Waals surface area contributed by atoms with Crippen LogP contribution in [0.5, 0.6) is 11.5 Å². The number of carbonyl (C=O) groups is 1. The molecule has 0 aromatic heterocycles. The van der Waals surface area contributed by atoms with E-state index in [0.29, 0.717) is 17.9 Å². The Kier molecular flexibility index (Phi) is 18.4. The highest BCUT2D eigenvalue weighted by Crippen LogP contribution is 2.31. The zero-order valence-corrected chi connectivity index (χ0v) is 23.5. The number of alkyl halides is 2. The van der Waals surface area contributed by atoms with E-state index in [4.69, 9.17) is 4.74 Å². The first-order valence-electron chi connectivity index (χ1n) is 12.4. The lowest BCUT2D eigenvalue weighted by molar-refractivity contribution is -0.0892. The summed E-state index contributed by atoms with van der Waals surface area (Å²) in [7, 11) is 1.33. The highest BCUT2D eigenvalue weighted by atomic mass is 31.0. The van der Waals surface area contributed by atoms with Crippen LogP contribution >= 0.6 is 9.24 Å². The molecule has 0 aliphatic heterocycles. The molecule has 0 bridgehead atoms. The van der Waals surface area contributed by atoms with Gasteiger partial charge in [-0.05, 0) is 77.4 Å². The van der Waals surface area contributed by atoms with Crippen LogP contribution in [0.25, 0.3) is 11.1 Å². The number of nitrogens with zero attached hydrogens (tertiary/aromatic N) is 1. The van der Waals surface area contributed by atoms with E-state index in [-0.39, 0.29) is 11.5 Å². The minimum Gasteiger partial charge on any atom is -0.493 e. The van der Waals surface area contributed by atoms with Crippen LogP contribution in [0, 0.1) is 12.8 Å². The van der Waals surface area contributed by atoms with E-state index < -0.39 is 5.85 Å². The molecule has 2 rings (SSSR count). The van der Waals surface area contributed by atoms with Crippen molar-refractivity contribution >= 4 is 21.2 Å². The fourth-order valence-electron chi connectivity index (χ4n) is 2.98. The number of halogens is 2. The number of hydrogen-bond donors (Lipinski definition) is 0. The molecule has 202 valence electrons. The molecule has 1 atom stereocenters. The summed E-state index contributed by atoms with van der Waals surface area (Å²) in [5.74, 6) is -2.76. The quantitative estimate of drug-likeness (QED) is 0.0855. The molecule has 0 saturated carbocycles. The second kappa shape index (κ2) is 20.1. The monoisotopic (exact) mass is 531 g/mol. The van der Waals surface area contributed by atoms with Gasteiger partial charge in [0.25, 0.3) is 0 Å². The smallest absolute Gasteiger partial charge is 0.408 e. The molecule has 4 nitrogen and oxygen atoms in total. The van der Waals surface area contributed by atoms with Crippen LogP contribution in [0.2, 0.25) is 0 Å². The topological polar surface area (TPSA) is 47.9 Å². The summed E-state index contributed by atoms with van der Waals surface area (Å²) < 4.78 is 35.8. The van der Waals surface area contributed by atoms with Crippen molar-refractivity contribution < 1.29 is 23.0 Å². The number of allylic oxidation sites excluding steroid dienone is 2. The standard InChI is InChI=1S/C19H21F2O3P.C9H17N.C2H2/c1-3-4-11-23-18-10-7-15(12-17(18)13(2)22)14-5-8-16(9-6-14)24-19(20,21)25;1-3-5-7-9-10-8-6-4-2;1-2/h5-10,12H,3-4,11,25H2,1-2H3;4,6,8H,3,5,7,9H2,1-2H3;1-2H/b;6-4-,10-8?;. The lowest BCUT2D eigenvalue weighted by Gasteiger charge is -2.14. The van der Waals surface area contributed by atoms with Gasteiger partial charge >= 0.3 is 5.85 Å². The van der Waals surface area contributed by atoms with Crippen LogP contribution in [-0.2, 0) is 0 Å². The van der Waals surface area contributed by atoms with Crippen molar-refractivity contribution in [2.24, 2.45) is 4.99 Å². The Morgan fingerprint density at radius 1 is 1.03 bits per heavy atom. The van der Waals surface area contributed by atoms with Crippen molar-refractivity contribution in [3.63, 3.8) is 0 Å². The molecule has 0 spiro atoms.